The van der Waals surface area contributed by atoms with Gasteiger partial charge in [-0.15, -0.1) is 6.58 Å². The standard InChI is InChI=1S/C19H19NO6S/c1-4-13-27(23,24)15-10-8-14(9-11-15)20-12-6-5-7-16(18(21)25-2)17(20)19(22)26-3/h4-12H,1,13H2,2-3H3. The molecule has 1 aliphatic heterocycles. The molecule has 1 aromatic rings. The van der Waals surface area contributed by atoms with Crippen molar-refractivity contribution >= 4 is 27.5 Å². The Morgan fingerprint density at radius 2 is 1.70 bits per heavy atom. The lowest BCUT2D eigenvalue weighted by Gasteiger charge is -2.23. The minimum absolute atomic E-state index is 0.0118. The van der Waals surface area contributed by atoms with Gasteiger partial charge in [0.1, 0.15) is 5.70 Å². The highest BCUT2D eigenvalue weighted by Gasteiger charge is 2.27. The monoisotopic (exact) mass is 389 g/mol. The fourth-order valence-corrected chi connectivity index (χ4v) is 3.48. The summed E-state index contributed by atoms with van der Waals surface area (Å²) in [6, 6.07) is 5.91. The first kappa shape index (κ1) is 20.2. The number of benzene rings is 1. The van der Waals surface area contributed by atoms with E-state index < -0.39 is 21.8 Å². The lowest BCUT2D eigenvalue weighted by atomic mass is 10.1. The molecule has 1 aromatic carbocycles. The van der Waals surface area contributed by atoms with E-state index in [2.05, 4.69) is 6.58 Å². The van der Waals surface area contributed by atoms with Crippen LogP contribution in [0.15, 0.2) is 77.5 Å². The van der Waals surface area contributed by atoms with E-state index in [4.69, 9.17) is 9.47 Å². The summed E-state index contributed by atoms with van der Waals surface area (Å²) in [4.78, 5) is 26.0. The fraction of sp³-hybridized carbons (Fsp3) is 0.158. The maximum absolute atomic E-state index is 12.3. The number of ether oxygens (including phenoxy) is 2. The number of sulfone groups is 1. The maximum Gasteiger partial charge on any atom is 0.355 e. The summed E-state index contributed by atoms with van der Waals surface area (Å²) in [5, 5.41) is 0. The average molecular weight is 389 g/mol. The van der Waals surface area contributed by atoms with Crippen LogP contribution in [0.1, 0.15) is 0 Å². The highest BCUT2D eigenvalue weighted by atomic mass is 32.2. The molecule has 1 heterocycles. The Kier molecular flexibility index (Phi) is 6.36. The number of anilines is 1. The van der Waals surface area contributed by atoms with E-state index in [1.165, 1.54) is 55.5 Å². The first-order valence-electron chi connectivity index (χ1n) is 7.84. The van der Waals surface area contributed by atoms with Crippen LogP contribution in [0.25, 0.3) is 0 Å². The number of carbonyl (C=O) groups excluding carboxylic acids is 2. The molecule has 142 valence electrons. The number of methoxy groups -OCH3 is 2. The van der Waals surface area contributed by atoms with Gasteiger partial charge < -0.3 is 14.4 Å². The van der Waals surface area contributed by atoms with Crippen LogP contribution in [0.3, 0.4) is 0 Å². The van der Waals surface area contributed by atoms with Gasteiger partial charge >= 0.3 is 11.9 Å². The summed E-state index contributed by atoms with van der Waals surface area (Å²) in [7, 11) is -1.06. The summed E-state index contributed by atoms with van der Waals surface area (Å²) in [5.74, 6) is -1.62. The van der Waals surface area contributed by atoms with E-state index in [1.54, 1.807) is 18.4 Å². The molecule has 0 radical (unpaired) electrons. The molecular weight excluding hydrogens is 370 g/mol. The van der Waals surface area contributed by atoms with E-state index in [1.807, 2.05) is 0 Å². The Bertz CT molecular complexity index is 939. The zero-order chi connectivity index (χ0) is 20.0. The number of hydrogen-bond acceptors (Lipinski definition) is 7. The van der Waals surface area contributed by atoms with Gasteiger partial charge in [-0.3, -0.25) is 0 Å². The second-order valence-corrected chi connectivity index (χ2v) is 7.41. The summed E-state index contributed by atoms with van der Waals surface area (Å²) in [6.07, 6.45) is 7.52. The average Bonchev–Trinajstić information content (AvgIpc) is 2.89. The Balaban J connectivity index is 2.56. The molecule has 0 unspecified atom stereocenters. The second-order valence-electron chi connectivity index (χ2n) is 5.38. The van der Waals surface area contributed by atoms with Crippen LogP contribution in [0.2, 0.25) is 0 Å². The van der Waals surface area contributed by atoms with Gasteiger partial charge in [-0.1, -0.05) is 12.2 Å². The lowest BCUT2D eigenvalue weighted by Crippen LogP contribution is -2.27. The molecule has 1 aliphatic rings. The van der Waals surface area contributed by atoms with Gasteiger partial charge in [0.25, 0.3) is 0 Å². The molecule has 0 atom stereocenters. The molecule has 0 aliphatic carbocycles. The van der Waals surface area contributed by atoms with Crippen molar-refractivity contribution in [2.45, 2.75) is 4.90 Å². The number of nitrogens with zero attached hydrogens (tertiary/aromatic N) is 1. The third kappa shape index (κ3) is 4.35. The molecule has 27 heavy (non-hydrogen) atoms. The minimum Gasteiger partial charge on any atom is -0.465 e. The van der Waals surface area contributed by atoms with Crippen molar-refractivity contribution in [3.8, 4) is 0 Å². The zero-order valence-electron chi connectivity index (χ0n) is 14.9. The molecule has 8 heteroatoms. The van der Waals surface area contributed by atoms with E-state index in [0.29, 0.717) is 5.69 Å². The molecule has 7 nitrogen and oxygen atoms in total. The summed E-state index contributed by atoms with van der Waals surface area (Å²) in [5.41, 5.74) is 0.433. The van der Waals surface area contributed by atoms with Crippen molar-refractivity contribution in [1.29, 1.82) is 0 Å². The number of allylic oxidation sites excluding steroid dienone is 2. The summed E-state index contributed by atoms with van der Waals surface area (Å²) in [6.45, 7) is 3.44. The van der Waals surface area contributed by atoms with Crippen LogP contribution in [0, 0.1) is 0 Å². The lowest BCUT2D eigenvalue weighted by molar-refractivity contribution is -0.139. The molecule has 0 fully saturated rings. The van der Waals surface area contributed by atoms with Crippen molar-refractivity contribution in [2.24, 2.45) is 0 Å². The van der Waals surface area contributed by atoms with Crippen LogP contribution >= 0.6 is 0 Å². The molecule has 0 N–H and O–H groups in total. The van der Waals surface area contributed by atoms with E-state index in [0.717, 1.165) is 0 Å². The van der Waals surface area contributed by atoms with Gasteiger partial charge in [0.05, 0.1) is 30.4 Å². The van der Waals surface area contributed by atoms with Gasteiger partial charge in [0, 0.05) is 11.9 Å². The van der Waals surface area contributed by atoms with Crippen LogP contribution in [0.5, 0.6) is 0 Å². The van der Waals surface area contributed by atoms with Crippen LogP contribution in [0.4, 0.5) is 5.69 Å². The van der Waals surface area contributed by atoms with Crippen molar-refractivity contribution in [1.82, 2.24) is 0 Å². The third-order valence-corrected chi connectivity index (χ3v) is 5.37. The summed E-state index contributed by atoms with van der Waals surface area (Å²) < 4.78 is 33.8. The Morgan fingerprint density at radius 3 is 2.26 bits per heavy atom. The molecule has 2 rings (SSSR count). The fourth-order valence-electron chi connectivity index (χ4n) is 2.43. The normalized spacial score (nSPS) is 13.9. The third-order valence-electron chi connectivity index (χ3n) is 3.70. The van der Waals surface area contributed by atoms with Gasteiger partial charge in [0.15, 0.2) is 9.84 Å². The first-order valence-corrected chi connectivity index (χ1v) is 9.49. The number of rotatable bonds is 6. The largest absolute Gasteiger partial charge is 0.465 e. The second kappa shape index (κ2) is 8.50. The Morgan fingerprint density at radius 1 is 1.07 bits per heavy atom. The molecule has 0 amide bonds. The molecule has 0 saturated carbocycles. The van der Waals surface area contributed by atoms with Crippen molar-refractivity contribution in [3.63, 3.8) is 0 Å². The van der Waals surface area contributed by atoms with E-state index in [-0.39, 0.29) is 21.9 Å². The van der Waals surface area contributed by atoms with Gasteiger partial charge in [-0.05, 0) is 36.4 Å². The number of hydrogen-bond donors (Lipinski definition) is 0. The molecule has 0 saturated heterocycles. The van der Waals surface area contributed by atoms with Gasteiger partial charge in [-0.2, -0.15) is 0 Å². The summed E-state index contributed by atoms with van der Waals surface area (Å²) >= 11 is 0. The Hall–Kier alpha value is -3.13. The van der Waals surface area contributed by atoms with E-state index >= 15 is 0 Å². The van der Waals surface area contributed by atoms with E-state index in [9.17, 15) is 18.0 Å². The quantitative estimate of drug-likeness (QED) is 0.544. The SMILES string of the molecule is C=CCS(=O)(=O)c1ccc(N2C=CC=CC(C(=O)OC)=C2C(=O)OC)cc1. The maximum atomic E-state index is 12.3. The van der Waals surface area contributed by atoms with Crippen molar-refractivity contribution in [2.75, 3.05) is 24.9 Å². The Labute approximate surface area is 157 Å². The minimum atomic E-state index is -3.47. The first-order chi connectivity index (χ1) is 12.9. The van der Waals surface area contributed by atoms with Crippen molar-refractivity contribution < 1.29 is 27.5 Å². The predicted molar refractivity (Wildman–Crippen MR) is 101 cm³/mol. The molecule has 0 spiro atoms. The van der Waals surface area contributed by atoms with Gasteiger partial charge in [-0.25, -0.2) is 18.0 Å². The number of carbonyl (C=O) groups is 2. The van der Waals surface area contributed by atoms with Gasteiger partial charge in [0.2, 0.25) is 0 Å². The molecule has 0 aromatic heterocycles. The zero-order valence-corrected chi connectivity index (χ0v) is 15.7. The number of esters is 2. The van der Waals surface area contributed by atoms with Crippen LogP contribution in [-0.2, 0) is 28.9 Å². The van der Waals surface area contributed by atoms with Crippen LogP contribution in [-0.4, -0.2) is 40.3 Å². The molecule has 0 bridgehead atoms. The van der Waals surface area contributed by atoms with Crippen molar-refractivity contribution in [3.05, 3.63) is 72.6 Å². The molecular formula is C19H19NO6S. The smallest absolute Gasteiger partial charge is 0.355 e. The highest BCUT2D eigenvalue weighted by Crippen LogP contribution is 2.27. The topological polar surface area (TPSA) is 90.0 Å². The predicted octanol–water partition coefficient (Wildman–Crippen LogP) is 2.14. The highest BCUT2D eigenvalue weighted by molar-refractivity contribution is 7.91. The van der Waals surface area contributed by atoms with Crippen LogP contribution < -0.4 is 4.90 Å².